The predicted octanol–water partition coefficient (Wildman–Crippen LogP) is 5.15. The Hall–Kier alpha value is -3.89. The van der Waals surface area contributed by atoms with Crippen LogP contribution in [0.25, 0.3) is 11.3 Å². The number of aromatic nitrogens is 1. The molecule has 0 aliphatic heterocycles. The monoisotopic (exact) mass is 509 g/mol. The summed E-state index contributed by atoms with van der Waals surface area (Å²) in [7, 11) is 0. The number of halogens is 4. The minimum atomic E-state index is -5.08. The van der Waals surface area contributed by atoms with Crippen molar-refractivity contribution in [3.8, 4) is 11.3 Å². The van der Waals surface area contributed by atoms with Crippen molar-refractivity contribution >= 4 is 17.6 Å². The third-order valence-corrected chi connectivity index (χ3v) is 5.14. The van der Waals surface area contributed by atoms with Crippen LogP contribution >= 0.6 is 0 Å². The summed E-state index contributed by atoms with van der Waals surface area (Å²) in [5.74, 6) is -2.52. The summed E-state index contributed by atoms with van der Waals surface area (Å²) in [6.45, 7) is 5.46. The summed E-state index contributed by atoms with van der Waals surface area (Å²) in [6.07, 6.45) is -1.67. The number of nitrogens with one attached hydrogen (secondary N) is 2. The molecule has 0 bridgehead atoms. The van der Waals surface area contributed by atoms with Crippen LogP contribution in [0.3, 0.4) is 0 Å². The number of nitrogens with zero attached hydrogens (tertiary/aromatic N) is 1. The van der Waals surface area contributed by atoms with E-state index in [0.29, 0.717) is 31.7 Å². The maximum Gasteiger partial charge on any atom is 0.490 e. The van der Waals surface area contributed by atoms with Gasteiger partial charge in [0.15, 0.2) is 5.76 Å². The predicted molar refractivity (Wildman–Crippen MR) is 126 cm³/mol. The van der Waals surface area contributed by atoms with Gasteiger partial charge in [0.25, 0.3) is 0 Å². The molecule has 1 amide bonds. The molecule has 3 N–H and O–H groups in total. The Bertz CT molecular complexity index is 1140. The highest BCUT2D eigenvalue weighted by Crippen LogP contribution is 2.25. The molecule has 0 saturated heterocycles. The number of aliphatic carboxylic acids is 1. The average molecular weight is 510 g/mol. The third kappa shape index (κ3) is 8.71. The molecule has 0 unspecified atom stereocenters. The maximum absolute atomic E-state index is 13.1. The van der Waals surface area contributed by atoms with Gasteiger partial charge in [0.05, 0.1) is 6.20 Å². The zero-order valence-electron chi connectivity index (χ0n) is 19.8. The molecular formula is C25H27F4N3O4. The van der Waals surface area contributed by atoms with Crippen LogP contribution in [0.5, 0.6) is 0 Å². The number of rotatable bonds is 9. The van der Waals surface area contributed by atoms with E-state index in [-0.39, 0.29) is 11.7 Å². The maximum atomic E-state index is 13.1. The number of carboxylic acid groups (broad SMARTS) is 1. The summed E-state index contributed by atoms with van der Waals surface area (Å²) in [6, 6.07) is 12.2. The van der Waals surface area contributed by atoms with Gasteiger partial charge in [-0.3, -0.25) is 4.79 Å². The van der Waals surface area contributed by atoms with E-state index < -0.39 is 12.1 Å². The van der Waals surface area contributed by atoms with Gasteiger partial charge in [-0.15, -0.1) is 0 Å². The quantitative estimate of drug-likeness (QED) is 0.272. The van der Waals surface area contributed by atoms with Gasteiger partial charge in [-0.25, -0.2) is 9.18 Å². The van der Waals surface area contributed by atoms with Gasteiger partial charge in [0.2, 0.25) is 5.91 Å². The van der Waals surface area contributed by atoms with Crippen molar-refractivity contribution in [2.24, 2.45) is 0 Å². The van der Waals surface area contributed by atoms with Gasteiger partial charge in [0.1, 0.15) is 5.82 Å². The first-order valence-corrected chi connectivity index (χ1v) is 11.1. The van der Waals surface area contributed by atoms with Gasteiger partial charge in [-0.2, -0.15) is 13.2 Å². The van der Waals surface area contributed by atoms with E-state index >= 15 is 0 Å². The Morgan fingerprint density at radius 1 is 1.08 bits per heavy atom. The molecule has 3 rings (SSSR count). The Kier molecular flexibility index (Phi) is 10.4. The molecule has 11 heteroatoms. The third-order valence-electron chi connectivity index (χ3n) is 5.14. The van der Waals surface area contributed by atoms with E-state index in [1.54, 1.807) is 18.3 Å². The normalized spacial score (nSPS) is 10.8. The fourth-order valence-corrected chi connectivity index (χ4v) is 3.35. The minimum Gasteiger partial charge on any atom is -0.475 e. The SMILES string of the molecule is CCc1c(C)cccc1NCCNC(=O)CCc1cnoc1-c1ccc(F)cc1.O=C(O)C(F)(F)F. The van der Waals surface area contributed by atoms with Crippen LogP contribution in [0.4, 0.5) is 23.2 Å². The molecule has 3 aromatic rings. The molecule has 2 aromatic carbocycles. The summed E-state index contributed by atoms with van der Waals surface area (Å²) >= 11 is 0. The molecule has 1 heterocycles. The molecule has 0 atom stereocenters. The molecule has 36 heavy (non-hydrogen) atoms. The fourth-order valence-electron chi connectivity index (χ4n) is 3.35. The van der Waals surface area contributed by atoms with E-state index in [1.807, 2.05) is 6.07 Å². The first-order chi connectivity index (χ1) is 17.0. The zero-order chi connectivity index (χ0) is 26.7. The second-order valence-electron chi connectivity index (χ2n) is 7.72. The molecule has 7 nitrogen and oxygen atoms in total. The lowest BCUT2D eigenvalue weighted by molar-refractivity contribution is -0.192. The van der Waals surface area contributed by atoms with E-state index in [4.69, 9.17) is 14.4 Å². The van der Waals surface area contributed by atoms with Crippen LogP contribution < -0.4 is 10.6 Å². The largest absolute Gasteiger partial charge is 0.490 e. The number of hydrogen-bond donors (Lipinski definition) is 3. The average Bonchev–Trinajstić information content (AvgIpc) is 3.29. The number of aryl methyl sites for hydroxylation is 2. The van der Waals surface area contributed by atoms with Crippen molar-refractivity contribution in [1.29, 1.82) is 0 Å². The highest BCUT2D eigenvalue weighted by Gasteiger charge is 2.38. The number of carbonyl (C=O) groups is 2. The first-order valence-electron chi connectivity index (χ1n) is 11.1. The Labute approximate surface area is 205 Å². The Balaban J connectivity index is 0.000000572. The molecule has 0 aliphatic rings. The summed E-state index contributed by atoms with van der Waals surface area (Å²) in [5.41, 5.74) is 5.27. The second kappa shape index (κ2) is 13.3. The lowest BCUT2D eigenvalue weighted by atomic mass is 10.0. The number of carboxylic acids is 1. The van der Waals surface area contributed by atoms with E-state index in [2.05, 4.69) is 41.8 Å². The van der Waals surface area contributed by atoms with Crippen LogP contribution in [0.1, 0.15) is 30.0 Å². The summed E-state index contributed by atoms with van der Waals surface area (Å²) < 4.78 is 50.1. The zero-order valence-corrected chi connectivity index (χ0v) is 19.8. The number of amides is 1. The van der Waals surface area contributed by atoms with Crippen molar-refractivity contribution in [2.45, 2.75) is 39.3 Å². The van der Waals surface area contributed by atoms with Crippen molar-refractivity contribution < 1.29 is 36.8 Å². The minimum absolute atomic E-state index is 0.0296. The van der Waals surface area contributed by atoms with Crippen LogP contribution in [0, 0.1) is 12.7 Å². The lowest BCUT2D eigenvalue weighted by Gasteiger charge is -2.13. The van der Waals surface area contributed by atoms with Gasteiger partial charge >= 0.3 is 12.1 Å². The van der Waals surface area contributed by atoms with Crippen LogP contribution in [0.15, 0.2) is 53.2 Å². The lowest BCUT2D eigenvalue weighted by Crippen LogP contribution is -2.29. The van der Waals surface area contributed by atoms with Crippen LogP contribution in [-0.2, 0) is 22.4 Å². The fraction of sp³-hybridized carbons (Fsp3) is 0.320. The highest BCUT2D eigenvalue weighted by atomic mass is 19.4. The molecule has 0 saturated carbocycles. The number of hydrogen-bond acceptors (Lipinski definition) is 5. The van der Waals surface area contributed by atoms with Gasteiger partial charge < -0.3 is 20.3 Å². The van der Waals surface area contributed by atoms with Gasteiger partial charge in [0, 0.05) is 36.3 Å². The van der Waals surface area contributed by atoms with E-state index in [0.717, 1.165) is 23.2 Å². The van der Waals surface area contributed by atoms with Crippen molar-refractivity contribution in [2.75, 3.05) is 18.4 Å². The number of carbonyl (C=O) groups excluding carboxylic acids is 1. The topological polar surface area (TPSA) is 104 Å². The van der Waals surface area contributed by atoms with Gasteiger partial charge in [-0.1, -0.05) is 24.2 Å². The summed E-state index contributed by atoms with van der Waals surface area (Å²) in [5, 5.41) is 17.3. The van der Waals surface area contributed by atoms with Gasteiger partial charge in [-0.05, 0) is 61.2 Å². The van der Waals surface area contributed by atoms with E-state index in [9.17, 15) is 22.4 Å². The molecule has 0 fully saturated rings. The number of anilines is 1. The Morgan fingerprint density at radius 3 is 2.36 bits per heavy atom. The standard InChI is InChI=1S/C23H26FN3O2.C2HF3O2/c1-3-20-16(2)5-4-6-21(20)25-13-14-26-22(28)12-9-18-15-27-29-23(18)17-7-10-19(24)11-8-17;3-2(4,5)1(6)7/h4-8,10-11,15,25H,3,9,12-14H2,1-2H3,(H,26,28);(H,6,7). The molecule has 0 spiro atoms. The number of benzene rings is 2. The molecule has 0 aliphatic carbocycles. The van der Waals surface area contributed by atoms with Crippen LogP contribution in [0.2, 0.25) is 0 Å². The molecule has 1 aromatic heterocycles. The van der Waals surface area contributed by atoms with E-state index in [1.165, 1.54) is 23.3 Å². The highest BCUT2D eigenvalue weighted by molar-refractivity contribution is 5.76. The molecule has 194 valence electrons. The molecular weight excluding hydrogens is 482 g/mol. The van der Waals surface area contributed by atoms with Crippen LogP contribution in [-0.4, -0.2) is 41.4 Å². The second-order valence-corrected chi connectivity index (χ2v) is 7.72. The molecule has 0 radical (unpaired) electrons. The smallest absolute Gasteiger partial charge is 0.475 e. The van der Waals surface area contributed by atoms with Crippen molar-refractivity contribution in [3.63, 3.8) is 0 Å². The summed E-state index contributed by atoms with van der Waals surface area (Å²) in [4.78, 5) is 21.1. The number of alkyl halides is 3. The van der Waals surface area contributed by atoms with Crippen molar-refractivity contribution in [1.82, 2.24) is 10.5 Å². The van der Waals surface area contributed by atoms with Crippen molar-refractivity contribution in [3.05, 3.63) is 71.2 Å². The Morgan fingerprint density at radius 2 is 1.75 bits per heavy atom. The first kappa shape index (κ1) is 28.3.